The molecule has 2 aromatic heterocycles. The molecule has 0 amide bonds. The summed E-state index contributed by atoms with van der Waals surface area (Å²) in [6.07, 6.45) is 1.87. The van der Waals surface area contributed by atoms with Gasteiger partial charge < -0.3 is 14.5 Å². The van der Waals surface area contributed by atoms with Crippen molar-refractivity contribution in [3.8, 4) is 28.3 Å². The summed E-state index contributed by atoms with van der Waals surface area (Å²) < 4.78 is 9.01. The summed E-state index contributed by atoms with van der Waals surface area (Å²) in [7, 11) is 2.13. The van der Waals surface area contributed by atoms with E-state index in [0.717, 1.165) is 51.7 Å². The van der Waals surface area contributed by atoms with E-state index >= 15 is 0 Å². The molecule has 0 unspecified atom stereocenters. The monoisotopic (exact) mass is 586 g/mol. The van der Waals surface area contributed by atoms with Gasteiger partial charge in [0.2, 0.25) is 0 Å². The van der Waals surface area contributed by atoms with Crippen molar-refractivity contribution in [3.63, 3.8) is 0 Å². The van der Waals surface area contributed by atoms with Crippen LogP contribution in [0.1, 0.15) is 16.7 Å². The normalized spacial score (nSPS) is 12.7. The Bertz CT molecular complexity index is 2170. The van der Waals surface area contributed by atoms with E-state index in [2.05, 4.69) is 145 Å². The number of aryl methyl sites for hydroxylation is 3. The number of benzene rings is 5. The van der Waals surface area contributed by atoms with Crippen molar-refractivity contribution in [1.29, 1.82) is 0 Å². The second kappa shape index (κ2) is 10.6. The molecule has 0 radical (unpaired) electrons. The molecule has 0 aliphatic carbocycles. The Morgan fingerprint density at radius 1 is 0.644 bits per heavy atom. The van der Waals surface area contributed by atoms with Gasteiger partial charge in [0.05, 0.1) is 29.2 Å². The van der Waals surface area contributed by atoms with Crippen LogP contribution < -0.4 is 14.5 Å². The Hall–Kier alpha value is -5.55. The lowest BCUT2D eigenvalue weighted by molar-refractivity contribution is 0.483. The molecule has 0 atom stereocenters. The van der Waals surface area contributed by atoms with Crippen LogP contribution in [-0.2, 0) is 0 Å². The third-order valence-electron chi connectivity index (χ3n) is 8.85. The number of para-hydroxylation sites is 3. The number of ether oxygens (including phenoxy) is 1. The zero-order valence-corrected chi connectivity index (χ0v) is 26.0. The minimum absolute atomic E-state index is 0.778. The molecule has 0 N–H and O–H groups in total. The van der Waals surface area contributed by atoms with Crippen molar-refractivity contribution in [1.82, 2.24) is 9.55 Å². The first-order chi connectivity index (χ1) is 21.9. The standard InChI is InChI=1S/C40H34N4O/c1-26-19-27(2)39(28(3)20-26)29-21-31(44-36-15-6-5-13-34(36)35-14-10-18-41-40(35)44)24-33(22-29)45-32-12-9-11-30(23-32)43-25-42(4)37-16-7-8-17-38(37)43/h5-24H,25H2,1-4H3. The highest BCUT2D eigenvalue weighted by Gasteiger charge is 2.24. The van der Waals surface area contributed by atoms with Gasteiger partial charge >= 0.3 is 0 Å². The predicted molar refractivity (Wildman–Crippen MR) is 187 cm³/mol. The summed E-state index contributed by atoms with van der Waals surface area (Å²) in [6, 6.07) is 40.7. The number of fused-ring (bicyclic) bond motifs is 4. The molecule has 0 saturated carbocycles. The third kappa shape index (κ3) is 4.59. The molecule has 0 fully saturated rings. The van der Waals surface area contributed by atoms with Crippen LogP contribution in [0, 0.1) is 20.8 Å². The summed E-state index contributed by atoms with van der Waals surface area (Å²) >= 11 is 0. The maximum absolute atomic E-state index is 6.75. The van der Waals surface area contributed by atoms with E-state index in [1.54, 1.807) is 0 Å². The minimum Gasteiger partial charge on any atom is -0.457 e. The number of hydrogen-bond donors (Lipinski definition) is 0. The van der Waals surface area contributed by atoms with Gasteiger partial charge in [-0.15, -0.1) is 0 Å². The Kier molecular flexibility index (Phi) is 6.35. The van der Waals surface area contributed by atoms with Gasteiger partial charge in [-0.3, -0.25) is 4.57 Å². The number of aromatic nitrogens is 2. The van der Waals surface area contributed by atoms with Crippen LogP contribution >= 0.6 is 0 Å². The van der Waals surface area contributed by atoms with Crippen LogP contribution in [0.2, 0.25) is 0 Å². The van der Waals surface area contributed by atoms with Gasteiger partial charge in [0.15, 0.2) is 0 Å². The summed E-state index contributed by atoms with van der Waals surface area (Å²) in [5.41, 5.74) is 12.7. The number of pyridine rings is 1. The highest BCUT2D eigenvalue weighted by Crippen LogP contribution is 2.42. The van der Waals surface area contributed by atoms with Gasteiger partial charge in [-0.25, -0.2) is 4.98 Å². The first kappa shape index (κ1) is 27.0. The van der Waals surface area contributed by atoms with Crippen molar-refractivity contribution >= 4 is 39.0 Å². The molecule has 0 spiro atoms. The highest BCUT2D eigenvalue weighted by atomic mass is 16.5. The van der Waals surface area contributed by atoms with Crippen molar-refractivity contribution in [2.75, 3.05) is 23.5 Å². The van der Waals surface area contributed by atoms with Crippen molar-refractivity contribution < 1.29 is 4.74 Å². The fourth-order valence-corrected chi connectivity index (χ4v) is 7.06. The van der Waals surface area contributed by atoms with E-state index in [1.165, 1.54) is 39.0 Å². The highest BCUT2D eigenvalue weighted by molar-refractivity contribution is 6.07. The molecular formula is C40H34N4O. The Morgan fingerprint density at radius 3 is 2.22 bits per heavy atom. The lowest BCUT2D eigenvalue weighted by Gasteiger charge is -2.20. The number of rotatable bonds is 5. The van der Waals surface area contributed by atoms with Gasteiger partial charge in [-0.2, -0.15) is 0 Å². The van der Waals surface area contributed by atoms with E-state index in [1.807, 2.05) is 18.3 Å². The molecule has 0 bridgehead atoms. The van der Waals surface area contributed by atoms with Crippen LogP contribution in [0.15, 0.2) is 121 Å². The molecule has 45 heavy (non-hydrogen) atoms. The fourth-order valence-electron chi connectivity index (χ4n) is 7.06. The van der Waals surface area contributed by atoms with Crippen molar-refractivity contribution in [2.24, 2.45) is 0 Å². The third-order valence-corrected chi connectivity index (χ3v) is 8.85. The fraction of sp³-hybridized carbons (Fsp3) is 0.125. The second-order valence-electron chi connectivity index (χ2n) is 12.1. The number of nitrogens with zero attached hydrogens (tertiary/aromatic N) is 4. The molecular weight excluding hydrogens is 552 g/mol. The zero-order chi connectivity index (χ0) is 30.7. The largest absolute Gasteiger partial charge is 0.457 e. The van der Waals surface area contributed by atoms with E-state index < -0.39 is 0 Å². The number of hydrogen-bond acceptors (Lipinski definition) is 4. The molecule has 5 heteroatoms. The summed E-state index contributed by atoms with van der Waals surface area (Å²) in [6.45, 7) is 7.33. The first-order valence-electron chi connectivity index (χ1n) is 15.4. The van der Waals surface area contributed by atoms with Crippen molar-refractivity contribution in [3.05, 3.63) is 138 Å². The van der Waals surface area contributed by atoms with E-state index in [4.69, 9.17) is 9.72 Å². The molecule has 5 nitrogen and oxygen atoms in total. The molecule has 220 valence electrons. The number of anilines is 3. The predicted octanol–water partition coefficient (Wildman–Crippen LogP) is 10.1. The van der Waals surface area contributed by atoms with Gasteiger partial charge in [0.1, 0.15) is 17.1 Å². The molecule has 1 aliphatic rings. The van der Waals surface area contributed by atoms with Gasteiger partial charge in [-0.05, 0) is 97.6 Å². The maximum Gasteiger partial charge on any atom is 0.145 e. The van der Waals surface area contributed by atoms with Gasteiger partial charge in [0.25, 0.3) is 0 Å². The molecule has 8 rings (SSSR count). The second-order valence-corrected chi connectivity index (χ2v) is 12.1. The topological polar surface area (TPSA) is 33.5 Å². The quantitative estimate of drug-likeness (QED) is 0.201. The Balaban J connectivity index is 1.28. The first-order valence-corrected chi connectivity index (χ1v) is 15.4. The lowest BCUT2D eigenvalue weighted by atomic mass is 9.93. The molecule has 5 aromatic carbocycles. The average molecular weight is 587 g/mol. The lowest BCUT2D eigenvalue weighted by Crippen LogP contribution is -2.23. The van der Waals surface area contributed by atoms with Gasteiger partial charge in [-0.1, -0.05) is 54.1 Å². The Labute approximate surface area is 263 Å². The van der Waals surface area contributed by atoms with Crippen LogP contribution in [0.4, 0.5) is 17.1 Å². The average Bonchev–Trinajstić information content (AvgIpc) is 3.56. The smallest absolute Gasteiger partial charge is 0.145 e. The minimum atomic E-state index is 0.778. The van der Waals surface area contributed by atoms with E-state index in [0.29, 0.717) is 0 Å². The van der Waals surface area contributed by atoms with Crippen LogP contribution in [0.25, 0.3) is 38.8 Å². The van der Waals surface area contributed by atoms with E-state index in [9.17, 15) is 0 Å². The zero-order valence-electron chi connectivity index (χ0n) is 26.0. The Morgan fingerprint density at radius 2 is 1.38 bits per heavy atom. The van der Waals surface area contributed by atoms with E-state index in [-0.39, 0.29) is 0 Å². The van der Waals surface area contributed by atoms with Crippen molar-refractivity contribution in [2.45, 2.75) is 20.8 Å². The molecule has 3 heterocycles. The SMILES string of the molecule is Cc1cc(C)c(-c2cc(Oc3cccc(N4CN(C)c5ccccc54)c3)cc(-n3c4ccccc4c4cccnc43)c2)c(C)c1. The van der Waals surface area contributed by atoms with Crippen LogP contribution in [-0.4, -0.2) is 23.3 Å². The van der Waals surface area contributed by atoms with Crippen LogP contribution in [0.5, 0.6) is 11.5 Å². The maximum atomic E-state index is 6.75. The molecule has 7 aromatic rings. The molecule has 1 aliphatic heterocycles. The summed E-state index contributed by atoms with van der Waals surface area (Å²) in [4.78, 5) is 9.45. The summed E-state index contributed by atoms with van der Waals surface area (Å²) in [5, 5.41) is 2.31. The van der Waals surface area contributed by atoms with Crippen LogP contribution in [0.3, 0.4) is 0 Å². The molecule has 0 saturated heterocycles. The van der Waals surface area contributed by atoms with Gasteiger partial charge in [0, 0.05) is 41.8 Å². The summed E-state index contributed by atoms with van der Waals surface area (Å²) in [5.74, 6) is 1.57.